The molecule has 0 saturated heterocycles. The Morgan fingerprint density at radius 2 is 2.05 bits per heavy atom. The molecule has 0 saturated carbocycles. The molecule has 0 spiro atoms. The zero-order valence-corrected chi connectivity index (χ0v) is 10.8. The molecule has 2 heterocycles. The Morgan fingerprint density at radius 1 is 1.26 bits per heavy atom. The molecule has 1 aromatic heterocycles. The van der Waals surface area contributed by atoms with E-state index in [2.05, 4.69) is 34.4 Å². The number of amides is 1. The SMILES string of the molecule is CN1CCc2cc(NC(=O)c3ccncc3)ccc21. The lowest BCUT2D eigenvalue weighted by molar-refractivity contribution is 0.102. The van der Waals surface area contributed by atoms with Gasteiger partial charge in [-0.1, -0.05) is 0 Å². The maximum absolute atomic E-state index is 12.0. The van der Waals surface area contributed by atoms with Crippen molar-refractivity contribution in [1.82, 2.24) is 4.98 Å². The van der Waals surface area contributed by atoms with E-state index in [0.717, 1.165) is 18.7 Å². The first-order valence-corrected chi connectivity index (χ1v) is 6.29. The number of likely N-dealkylation sites (N-methyl/N-ethyl adjacent to an activating group) is 1. The predicted molar refractivity (Wildman–Crippen MR) is 75.6 cm³/mol. The third-order valence-corrected chi connectivity index (χ3v) is 3.41. The molecule has 4 nitrogen and oxygen atoms in total. The standard InChI is InChI=1S/C15H15N3O/c1-18-9-6-12-10-13(2-3-14(12)18)17-15(19)11-4-7-16-8-5-11/h2-5,7-8,10H,6,9H2,1H3,(H,17,19). The van der Waals surface area contributed by atoms with Crippen LogP contribution in [-0.4, -0.2) is 24.5 Å². The van der Waals surface area contributed by atoms with E-state index in [0.29, 0.717) is 5.56 Å². The van der Waals surface area contributed by atoms with E-state index in [9.17, 15) is 4.79 Å². The number of pyridine rings is 1. The van der Waals surface area contributed by atoms with E-state index in [1.807, 2.05) is 6.07 Å². The zero-order chi connectivity index (χ0) is 13.2. The maximum Gasteiger partial charge on any atom is 0.255 e. The number of carbonyl (C=O) groups excluding carboxylic acids is 1. The van der Waals surface area contributed by atoms with Crippen molar-refractivity contribution in [2.24, 2.45) is 0 Å². The molecule has 1 aliphatic heterocycles. The number of hydrogen-bond acceptors (Lipinski definition) is 3. The molecule has 1 amide bonds. The minimum Gasteiger partial charge on any atom is -0.374 e. The molecule has 0 radical (unpaired) electrons. The van der Waals surface area contributed by atoms with E-state index in [4.69, 9.17) is 0 Å². The average Bonchev–Trinajstić information content (AvgIpc) is 2.81. The number of carbonyl (C=O) groups is 1. The number of hydrogen-bond donors (Lipinski definition) is 1. The Morgan fingerprint density at radius 3 is 2.84 bits per heavy atom. The number of aromatic nitrogens is 1. The fourth-order valence-corrected chi connectivity index (χ4v) is 2.35. The first kappa shape index (κ1) is 11.7. The van der Waals surface area contributed by atoms with E-state index in [1.54, 1.807) is 24.5 Å². The summed E-state index contributed by atoms with van der Waals surface area (Å²) in [5.41, 5.74) is 4.00. The topological polar surface area (TPSA) is 45.2 Å². The highest BCUT2D eigenvalue weighted by Gasteiger charge is 2.16. The van der Waals surface area contributed by atoms with Crippen molar-refractivity contribution < 1.29 is 4.79 Å². The number of rotatable bonds is 2. The Balaban J connectivity index is 1.80. The van der Waals surface area contributed by atoms with Crippen LogP contribution < -0.4 is 10.2 Å². The van der Waals surface area contributed by atoms with Gasteiger partial charge in [-0.25, -0.2) is 0 Å². The molecule has 1 aliphatic rings. The van der Waals surface area contributed by atoms with Gasteiger partial charge in [-0.2, -0.15) is 0 Å². The van der Waals surface area contributed by atoms with Crippen LogP contribution in [0.3, 0.4) is 0 Å². The zero-order valence-electron chi connectivity index (χ0n) is 10.8. The molecule has 19 heavy (non-hydrogen) atoms. The van der Waals surface area contributed by atoms with Crippen molar-refractivity contribution in [2.75, 3.05) is 23.8 Å². The Kier molecular flexibility index (Phi) is 2.91. The smallest absolute Gasteiger partial charge is 0.255 e. The summed E-state index contributed by atoms with van der Waals surface area (Å²) in [7, 11) is 2.08. The normalized spacial score (nSPS) is 13.2. The van der Waals surface area contributed by atoms with Crippen molar-refractivity contribution >= 4 is 17.3 Å². The van der Waals surface area contributed by atoms with Crippen LogP contribution >= 0.6 is 0 Å². The summed E-state index contributed by atoms with van der Waals surface area (Å²) >= 11 is 0. The summed E-state index contributed by atoms with van der Waals surface area (Å²) < 4.78 is 0. The van der Waals surface area contributed by atoms with Crippen molar-refractivity contribution in [1.29, 1.82) is 0 Å². The van der Waals surface area contributed by atoms with Crippen LogP contribution in [0.1, 0.15) is 15.9 Å². The summed E-state index contributed by atoms with van der Waals surface area (Å²) in [4.78, 5) is 18.2. The molecule has 96 valence electrons. The van der Waals surface area contributed by atoms with E-state index >= 15 is 0 Å². The summed E-state index contributed by atoms with van der Waals surface area (Å²) in [6.07, 6.45) is 4.27. The summed E-state index contributed by atoms with van der Waals surface area (Å²) in [5.74, 6) is -0.103. The molecule has 0 fully saturated rings. The Labute approximate surface area is 112 Å². The molecule has 0 atom stereocenters. The minimum absolute atomic E-state index is 0.103. The lowest BCUT2D eigenvalue weighted by Gasteiger charge is -2.12. The molecular weight excluding hydrogens is 238 g/mol. The van der Waals surface area contributed by atoms with Gasteiger partial charge in [0.25, 0.3) is 5.91 Å². The van der Waals surface area contributed by atoms with E-state index in [-0.39, 0.29) is 5.91 Å². The molecule has 1 aromatic carbocycles. The molecule has 2 aromatic rings. The predicted octanol–water partition coefficient (Wildman–Crippen LogP) is 2.33. The van der Waals surface area contributed by atoms with Crippen molar-refractivity contribution in [2.45, 2.75) is 6.42 Å². The molecule has 0 unspecified atom stereocenters. The highest BCUT2D eigenvalue weighted by atomic mass is 16.1. The first-order valence-electron chi connectivity index (χ1n) is 6.29. The van der Waals surface area contributed by atoms with Gasteiger partial charge >= 0.3 is 0 Å². The van der Waals surface area contributed by atoms with Gasteiger partial charge < -0.3 is 10.2 Å². The number of anilines is 2. The lowest BCUT2D eigenvalue weighted by Crippen LogP contribution is -2.13. The number of nitrogens with zero attached hydrogens (tertiary/aromatic N) is 2. The molecule has 0 bridgehead atoms. The van der Waals surface area contributed by atoms with Crippen LogP contribution in [0.5, 0.6) is 0 Å². The monoisotopic (exact) mass is 253 g/mol. The fraction of sp³-hybridized carbons (Fsp3) is 0.200. The van der Waals surface area contributed by atoms with Gasteiger partial charge in [0.05, 0.1) is 0 Å². The molecular formula is C15H15N3O. The Bertz CT molecular complexity index is 610. The van der Waals surface area contributed by atoms with Crippen LogP contribution in [0.4, 0.5) is 11.4 Å². The van der Waals surface area contributed by atoms with E-state index < -0.39 is 0 Å². The second-order valence-electron chi connectivity index (χ2n) is 4.71. The summed E-state index contributed by atoms with van der Waals surface area (Å²) in [6, 6.07) is 9.47. The van der Waals surface area contributed by atoms with Crippen LogP contribution in [0.25, 0.3) is 0 Å². The van der Waals surface area contributed by atoms with Crippen molar-refractivity contribution in [3.05, 3.63) is 53.9 Å². The van der Waals surface area contributed by atoms with Crippen LogP contribution in [-0.2, 0) is 6.42 Å². The fourth-order valence-electron chi connectivity index (χ4n) is 2.35. The first-order chi connectivity index (χ1) is 9.24. The van der Waals surface area contributed by atoms with Crippen molar-refractivity contribution in [3.8, 4) is 0 Å². The highest BCUT2D eigenvalue weighted by molar-refractivity contribution is 6.04. The lowest BCUT2D eigenvalue weighted by atomic mass is 10.1. The highest BCUT2D eigenvalue weighted by Crippen LogP contribution is 2.29. The van der Waals surface area contributed by atoms with Gasteiger partial charge in [0, 0.05) is 42.9 Å². The van der Waals surface area contributed by atoms with Gasteiger partial charge in [-0.3, -0.25) is 9.78 Å². The quantitative estimate of drug-likeness (QED) is 0.893. The number of fused-ring (bicyclic) bond motifs is 1. The average molecular weight is 253 g/mol. The van der Waals surface area contributed by atoms with Crippen LogP contribution in [0.15, 0.2) is 42.7 Å². The second kappa shape index (κ2) is 4.72. The number of nitrogens with one attached hydrogen (secondary N) is 1. The summed E-state index contributed by atoms with van der Waals surface area (Å²) in [6.45, 7) is 1.04. The Hall–Kier alpha value is -2.36. The van der Waals surface area contributed by atoms with Crippen LogP contribution in [0.2, 0.25) is 0 Å². The van der Waals surface area contributed by atoms with Crippen LogP contribution in [0, 0.1) is 0 Å². The molecule has 0 aliphatic carbocycles. The van der Waals surface area contributed by atoms with Crippen molar-refractivity contribution in [3.63, 3.8) is 0 Å². The maximum atomic E-state index is 12.0. The van der Waals surface area contributed by atoms with Gasteiger partial charge in [0.15, 0.2) is 0 Å². The minimum atomic E-state index is -0.103. The van der Waals surface area contributed by atoms with Gasteiger partial charge in [-0.15, -0.1) is 0 Å². The van der Waals surface area contributed by atoms with Gasteiger partial charge in [0.2, 0.25) is 0 Å². The summed E-state index contributed by atoms with van der Waals surface area (Å²) in [5, 5.41) is 2.92. The van der Waals surface area contributed by atoms with Gasteiger partial charge in [0.1, 0.15) is 0 Å². The van der Waals surface area contributed by atoms with E-state index in [1.165, 1.54) is 11.3 Å². The van der Waals surface area contributed by atoms with Gasteiger partial charge in [-0.05, 0) is 42.3 Å². The number of benzene rings is 1. The largest absolute Gasteiger partial charge is 0.374 e. The molecule has 1 N–H and O–H groups in total. The molecule has 3 rings (SSSR count). The second-order valence-corrected chi connectivity index (χ2v) is 4.71. The third-order valence-electron chi connectivity index (χ3n) is 3.41. The third kappa shape index (κ3) is 2.29. The molecule has 4 heteroatoms.